The van der Waals surface area contributed by atoms with Crippen molar-refractivity contribution in [1.29, 1.82) is 0 Å². The van der Waals surface area contributed by atoms with Crippen LogP contribution in [0.3, 0.4) is 0 Å². The topological polar surface area (TPSA) is 38.3 Å². The van der Waals surface area contributed by atoms with Gasteiger partial charge in [0.05, 0.1) is 18.2 Å². The Hall–Kier alpha value is -2.50. The van der Waals surface area contributed by atoms with Crippen molar-refractivity contribution in [2.75, 3.05) is 12.4 Å². The maximum atomic E-state index is 12.7. The molecule has 0 unspecified atom stereocenters. The van der Waals surface area contributed by atoms with Crippen LogP contribution in [0.1, 0.15) is 21.5 Å². The van der Waals surface area contributed by atoms with Crippen LogP contribution in [0.4, 0.5) is 18.9 Å². The molecule has 0 radical (unpaired) electrons. The third-order valence-electron chi connectivity index (χ3n) is 3.11. The predicted molar refractivity (Wildman–Crippen MR) is 77.1 cm³/mol. The molecule has 0 spiro atoms. The van der Waals surface area contributed by atoms with Crippen molar-refractivity contribution >= 4 is 11.6 Å². The molecule has 3 nitrogen and oxygen atoms in total. The molecule has 0 fully saturated rings. The van der Waals surface area contributed by atoms with Crippen molar-refractivity contribution < 1.29 is 22.7 Å². The molecule has 0 saturated carbocycles. The van der Waals surface area contributed by atoms with Gasteiger partial charge in [-0.25, -0.2) is 0 Å². The third kappa shape index (κ3) is 3.39. The van der Waals surface area contributed by atoms with Crippen molar-refractivity contribution in [3.8, 4) is 5.75 Å². The molecule has 2 rings (SSSR count). The number of anilines is 1. The van der Waals surface area contributed by atoms with Gasteiger partial charge in [-0.15, -0.1) is 0 Å². The highest BCUT2D eigenvalue weighted by molar-refractivity contribution is 6.06. The van der Waals surface area contributed by atoms with Crippen LogP contribution in [0.25, 0.3) is 0 Å². The number of carbonyl (C=O) groups is 1. The average Bonchev–Trinajstić information content (AvgIpc) is 2.46. The lowest BCUT2D eigenvalue weighted by Crippen LogP contribution is -2.14. The van der Waals surface area contributed by atoms with Crippen molar-refractivity contribution in [2.45, 2.75) is 13.1 Å². The van der Waals surface area contributed by atoms with E-state index in [2.05, 4.69) is 5.32 Å². The maximum absolute atomic E-state index is 12.7. The molecular weight excluding hydrogens is 295 g/mol. The largest absolute Gasteiger partial charge is 0.496 e. The second kappa shape index (κ2) is 6.09. The van der Waals surface area contributed by atoms with Gasteiger partial charge in [0.2, 0.25) is 0 Å². The monoisotopic (exact) mass is 309 g/mol. The number of benzene rings is 2. The molecule has 0 aliphatic carbocycles. The second-order valence-corrected chi connectivity index (χ2v) is 4.69. The zero-order valence-corrected chi connectivity index (χ0v) is 12.0. The molecule has 0 aromatic heterocycles. The van der Waals surface area contributed by atoms with Gasteiger partial charge in [-0.2, -0.15) is 13.2 Å². The zero-order valence-electron chi connectivity index (χ0n) is 12.0. The highest BCUT2D eigenvalue weighted by atomic mass is 19.4. The van der Waals surface area contributed by atoms with Gasteiger partial charge < -0.3 is 10.1 Å². The number of halogens is 3. The molecule has 0 heterocycles. The lowest BCUT2D eigenvalue weighted by molar-refractivity contribution is -0.137. The normalized spacial score (nSPS) is 11.1. The fraction of sp³-hybridized carbons (Fsp3) is 0.188. The highest BCUT2D eigenvalue weighted by Gasteiger charge is 2.30. The SMILES string of the molecule is COc1c(C)cccc1C(=O)Nc1cccc(C(F)(F)F)c1. The molecule has 2 aromatic carbocycles. The van der Waals surface area contributed by atoms with Gasteiger partial charge in [-0.1, -0.05) is 18.2 Å². The molecule has 6 heteroatoms. The summed E-state index contributed by atoms with van der Waals surface area (Å²) < 4.78 is 43.2. The Morgan fingerprint density at radius 3 is 2.45 bits per heavy atom. The van der Waals surface area contributed by atoms with Crippen molar-refractivity contribution in [3.05, 3.63) is 59.2 Å². The predicted octanol–water partition coefficient (Wildman–Crippen LogP) is 4.27. The van der Waals surface area contributed by atoms with E-state index in [0.29, 0.717) is 5.75 Å². The molecule has 0 aliphatic rings. The number of methoxy groups -OCH3 is 1. The number of nitrogens with one attached hydrogen (secondary N) is 1. The molecule has 116 valence electrons. The standard InChI is InChI=1S/C16H14F3NO2/c1-10-5-3-8-13(14(10)22-2)15(21)20-12-7-4-6-11(9-12)16(17,18)19/h3-9H,1-2H3,(H,20,21). The summed E-state index contributed by atoms with van der Waals surface area (Å²) in [5.74, 6) is -0.133. The first kappa shape index (κ1) is 15.9. The maximum Gasteiger partial charge on any atom is 0.416 e. The lowest BCUT2D eigenvalue weighted by Gasteiger charge is -2.12. The minimum atomic E-state index is -4.46. The quantitative estimate of drug-likeness (QED) is 0.919. The number of hydrogen-bond donors (Lipinski definition) is 1. The number of amides is 1. The van der Waals surface area contributed by atoms with Gasteiger partial charge in [-0.05, 0) is 36.8 Å². The average molecular weight is 309 g/mol. The number of ether oxygens (including phenoxy) is 1. The molecule has 0 saturated heterocycles. The zero-order chi connectivity index (χ0) is 16.3. The van der Waals surface area contributed by atoms with E-state index >= 15 is 0 Å². The number of para-hydroxylation sites is 1. The Kier molecular flexibility index (Phi) is 4.40. The van der Waals surface area contributed by atoms with E-state index in [9.17, 15) is 18.0 Å². The first-order valence-corrected chi connectivity index (χ1v) is 6.45. The first-order chi connectivity index (χ1) is 10.3. The number of alkyl halides is 3. The minimum Gasteiger partial charge on any atom is -0.496 e. The van der Waals surface area contributed by atoms with Gasteiger partial charge in [0.25, 0.3) is 5.91 Å². The summed E-state index contributed by atoms with van der Waals surface area (Å²) in [6.07, 6.45) is -4.46. The summed E-state index contributed by atoms with van der Waals surface area (Å²) >= 11 is 0. The summed E-state index contributed by atoms with van der Waals surface area (Å²) in [7, 11) is 1.43. The Bertz CT molecular complexity index is 696. The Balaban J connectivity index is 2.29. The molecule has 22 heavy (non-hydrogen) atoms. The molecule has 1 amide bonds. The lowest BCUT2D eigenvalue weighted by atomic mass is 10.1. The number of rotatable bonds is 3. The van der Waals surface area contributed by atoms with Gasteiger partial charge in [-0.3, -0.25) is 4.79 Å². The van der Waals surface area contributed by atoms with E-state index in [1.54, 1.807) is 25.1 Å². The summed E-state index contributed by atoms with van der Waals surface area (Å²) in [4.78, 5) is 12.2. The van der Waals surface area contributed by atoms with Crippen LogP contribution in [-0.2, 0) is 6.18 Å². The summed E-state index contributed by atoms with van der Waals surface area (Å²) in [5.41, 5.74) is 0.281. The van der Waals surface area contributed by atoms with Crippen LogP contribution < -0.4 is 10.1 Å². The Labute approximate surface area is 125 Å². The molecule has 0 aliphatic heterocycles. The molecule has 2 aromatic rings. The summed E-state index contributed by atoms with van der Waals surface area (Å²) in [6.45, 7) is 1.78. The van der Waals surface area contributed by atoms with Gasteiger partial charge in [0.1, 0.15) is 5.75 Å². The minimum absolute atomic E-state index is 0.0726. The van der Waals surface area contributed by atoms with E-state index in [-0.39, 0.29) is 11.3 Å². The van der Waals surface area contributed by atoms with E-state index in [1.807, 2.05) is 0 Å². The third-order valence-corrected chi connectivity index (χ3v) is 3.11. The van der Waals surface area contributed by atoms with Crippen molar-refractivity contribution in [3.63, 3.8) is 0 Å². The van der Waals surface area contributed by atoms with Crippen LogP contribution >= 0.6 is 0 Å². The van der Waals surface area contributed by atoms with E-state index < -0.39 is 17.6 Å². The number of aryl methyl sites for hydroxylation is 1. The van der Waals surface area contributed by atoms with Crippen molar-refractivity contribution in [2.24, 2.45) is 0 Å². The van der Waals surface area contributed by atoms with Crippen molar-refractivity contribution in [1.82, 2.24) is 0 Å². The summed E-state index contributed by atoms with van der Waals surface area (Å²) in [5, 5.41) is 2.45. The first-order valence-electron chi connectivity index (χ1n) is 6.45. The fourth-order valence-corrected chi connectivity index (χ4v) is 2.07. The summed E-state index contributed by atoms with van der Waals surface area (Å²) in [6, 6.07) is 9.48. The molecular formula is C16H14F3NO2. The van der Waals surface area contributed by atoms with Crippen LogP contribution in [0, 0.1) is 6.92 Å². The van der Waals surface area contributed by atoms with Gasteiger partial charge in [0, 0.05) is 5.69 Å². The Morgan fingerprint density at radius 2 is 1.82 bits per heavy atom. The van der Waals surface area contributed by atoms with Gasteiger partial charge >= 0.3 is 6.18 Å². The molecule has 0 bridgehead atoms. The Morgan fingerprint density at radius 1 is 1.14 bits per heavy atom. The van der Waals surface area contributed by atoms with Crippen LogP contribution in [0.5, 0.6) is 5.75 Å². The van der Waals surface area contributed by atoms with E-state index in [0.717, 1.165) is 17.7 Å². The van der Waals surface area contributed by atoms with Crippen LogP contribution in [-0.4, -0.2) is 13.0 Å². The van der Waals surface area contributed by atoms with Gasteiger partial charge in [0.15, 0.2) is 0 Å². The second-order valence-electron chi connectivity index (χ2n) is 4.69. The fourth-order valence-electron chi connectivity index (χ4n) is 2.07. The van der Waals surface area contributed by atoms with E-state index in [4.69, 9.17) is 4.74 Å². The highest BCUT2D eigenvalue weighted by Crippen LogP contribution is 2.31. The van der Waals surface area contributed by atoms with Crippen LogP contribution in [0.15, 0.2) is 42.5 Å². The van der Waals surface area contributed by atoms with E-state index in [1.165, 1.54) is 19.2 Å². The molecule has 1 N–H and O–H groups in total. The van der Waals surface area contributed by atoms with Crippen LogP contribution in [0.2, 0.25) is 0 Å². The number of carbonyl (C=O) groups excluding carboxylic acids is 1. The smallest absolute Gasteiger partial charge is 0.416 e. The number of hydrogen-bond acceptors (Lipinski definition) is 2. The molecule has 0 atom stereocenters.